The van der Waals surface area contributed by atoms with Crippen LogP contribution in [0.15, 0.2) is 0 Å². The molecule has 0 aliphatic heterocycles. The predicted molar refractivity (Wildman–Crippen MR) is 87.5 cm³/mol. The van der Waals surface area contributed by atoms with Crippen molar-refractivity contribution in [1.29, 1.82) is 0 Å². The summed E-state index contributed by atoms with van der Waals surface area (Å²) in [5, 5.41) is 0. The zero-order valence-electron chi connectivity index (χ0n) is 14.6. The molecule has 0 amide bonds. The summed E-state index contributed by atoms with van der Waals surface area (Å²) in [6, 6.07) is 0. The second kappa shape index (κ2) is 5.06. The minimum atomic E-state index is 0.0358. The molecule has 0 spiro atoms. The maximum atomic E-state index is 12.4. The van der Waals surface area contributed by atoms with Gasteiger partial charge in [-0.2, -0.15) is 0 Å². The van der Waals surface area contributed by atoms with Crippen LogP contribution in [0.4, 0.5) is 0 Å². The molecule has 2 heteroatoms. The van der Waals surface area contributed by atoms with Gasteiger partial charge >= 0.3 is 0 Å². The summed E-state index contributed by atoms with van der Waals surface area (Å²) in [6.07, 6.45) is 11.6. The highest BCUT2D eigenvalue weighted by Gasteiger charge is 2.60. The van der Waals surface area contributed by atoms with Crippen molar-refractivity contribution in [2.75, 3.05) is 7.11 Å². The number of fused-ring (bicyclic) bond motifs is 5. The van der Waals surface area contributed by atoms with Crippen molar-refractivity contribution in [3.05, 3.63) is 0 Å². The number of Topliss-reactive ketones (excluding diaryl/α,β-unsaturated/α-hetero) is 1. The standard InChI is InChI=1S/C20H32O2/c1-19-10-8-14(22-3)12-13(19)4-5-15-16-6-7-18(21)20(16,2)11-9-17(15)19/h13-17H,4-12H2,1-3H3/t13-,14+,15?,16?,17?,19?,20?/m0/s1. The van der Waals surface area contributed by atoms with Crippen LogP contribution in [0.2, 0.25) is 0 Å². The van der Waals surface area contributed by atoms with E-state index in [1.165, 1.54) is 44.9 Å². The minimum Gasteiger partial charge on any atom is -0.381 e. The highest BCUT2D eigenvalue weighted by atomic mass is 16.5. The first-order chi connectivity index (χ1) is 10.5. The van der Waals surface area contributed by atoms with Crippen LogP contribution in [0.1, 0.15) is 71.6 Å². The third-order valence-electron chi connectivity index (χ3n) is 8.66. The second-order valence-corrected chi connectivity index (χ2v) is 9.21. The zero-order chi connectivity index (χ0) is 15.5. The van der Waals surface area contributed by atoms with Crippen LogP contribution in [0.3, 0.4) is 0 Å². The minimum absolute atomic E-state index is 0.0358. The van der Waals surface area contributed by atoms with Gasteiger partial charge in [0.25, 0.3) is 0 Å². The van der Waals surface area contributed by atoms with Crippen LogP contribution in [0.5, 0.6) is 0 Å². The molecule has 0 heterocycles. The molecule has 7 atom stereocenters. The summed E-state index contributed by atoms with van der Waals surface area (Å²) in [5.74, 6) is 3.82. The lowest BCUT2D eigenvalue weighted by atomic mass is 9.45. The molecular weight excluding hydrogens is 272 g/mol. The highest BCUT2D eigenvalue weighted by molar-refractivity contribution is 5.87. The first kappa shape index (κ1) is 15.2. The highest BCUT2D eigenvalue weighted by Crippen LogP contribution is 2.65. The average Bonchev–Trinajstić information content (AvgIpc) is 2.82. The third-order valence-corrected chi connectivity index (χ3v) is 8.66. The fourth-order valence-electron chi connectivity index (χ4n) is 7.20. The maximum absolute atomic E-state index is 12.4. The number of hydrogen-bond acceptors (Lipinski definition) is 2. The molecule has 2 nitrogen and oxygen atoms in total. The number of ether oxygens (including phenoxy) is 1. The fraction of sp³-hybridized carbons (Fsp3) is 0.950. The molecule has 5 unspecified atom stereocenters. The summed E-state index contributed by atoms with van der Waals surface area (Å²) in [4.78, 5) is 12.4. The lowest BCUT2D eigenvalue weighted by Crippen LogP contribution is -2.54. The second-order valence-electron chi connectivity index (χ2n) is 9.21. The fourth-order valence-corrected chi connectivity index (χ4v) is 7.20. The molecule has 0 aromatic heterocycles. The molecule has 124 valence electrons. The SMILES string of the molecule is CO[C@@H]1CCC2(C)C3CCC4(C)C(=O)CCC4C3CC[C@H]2C1. The molecule has 0 aromatic rings. The van der Waals surface area contributed by atoms with Gasteiger partial charge < -0.3 is 4.74 Å². The largest absolute Gasteiger partial charge is 0.381 e. The third kappa shape index (κ3) is 1.92. The van der Waals surface area contributed by atoms with Crippen molar-refractivity contribution in [2.24, 2.45) is 34.5 Å². The van der Waals surface area contributed by atoms with E-state index in [0.29, 0.717) is 23.2 Å². The molecule has 22 heavy (non-hydrogen) atoms. The first-order valence-electron chi connectivity index (χ1n) is 9.55. The molecule has 0 saturated heterocycles. The Labute approximate surface area is 135 Å². The summed E-state index contributed by atoms with van der Waals surface area (Å²) in [6.45, 7) is 4.87. The van der Waals surface area contributed by atoms with E-state index in [-0.39, 0.29) is 5.41 Å². The van der Waals surface area contributed by atoms with E-state index in [4.69, 9.17) is 4.74 Å². The molecule has 0 bridgehead atoms. The number of methoxy groups -OCH3 is 1. The number of hydrogen-bond donors (Lipinski definition) is 0. The van der Waals surface area contributed by atoms with Crippen molar-refractivity contribution in [3.8, 4) is 0 Å². The van der Waals surface area contributed by atoms with E-state index < -0.39 is 0 Å². The Morgan fingerprint density at radius 3 is 2.59 bits per heavy atom. The number of rotatable bonds is 1. The Balaban J connectivity index is 1.60. The number of carbonyl (C=O) groups excluding carboxylic acids is 1. The Morgan fingerprint density at radius 1 is 1.00 bits per heavy atom. The van der Waals surface area contributed by atoms with E-state index >= 15 is 0 Å². The van der Waals surface area contributed by atoms with Crippen LogP contribution in [0, 0.1) is 34.5 Å². The molecule has 0 N–H and O–H groups in total. The number of ketones is 1. The molecule has 4 saturated carbocycles. The van der Waals surface area contributed by atoms with E-state index in [0.717, 1.165) is 30.6 Å². The van der Waals surface area contributed by atoms with Gasteiger partial charge in [-0.05, 0) is 80.5 Å². The Kier molecular flexibility index (Phi) is 3.49. The normalized spacial score (nSPS) is 54.5. The van der Waals surface area contributed by atoms with E-state index in [1.807, 2.05) is 7.11 Å². The van der Waals surface area contributed by atoms with Crippen molar-refractivity contribution in [1.82, 2.24) is 0 Å². The Hall–Kier alpha value is -0.370. The van der Waals surface area contributed by atoms with E-state index in [1.54, 1.807) is 0 Å². The van der Waals surface area contributed by atoms with E-state index in [9.17, 15) is 4.79 Å². The van der Waals surface area contributed by atoms with Crippen LogP contribution < -0.4 is 0 Å². The molecule has 0 radical (unpaired) electrons. The van der Waals surface area contributed by atoms with Gasteiger partial charge in [0.2, 0.25) is 0 Å². The van der Waals surface area contributed by atoms with Crippen LogP contribution in [0.25, 0.3) is 0 Å². The summed E-state index contributed by atoms with van der Waals surface area (Å²) >= 11 is 0. The molecular formula is C20H32O2. The van der Waals surface area contributed by atoms with Gasteiger partial charge in [-0.3, -0.25) is 4.79 Å². The van der Waals surface area contributed by atoms with Gasteiger partial charge in [-0.1, -0.05) is 13.8 Å². The van der Waals surface area contributed by atoms with Gasteiger partial charge in [-0.25, -0.2) is 0 Å². The average molecular weight is 304 g/mol. The summed E-state index contributed by atoms with van der Waals surface area (Å²) < 4.78 is 5.68. The van der Waals surface area contributed by atoms with Crippen LogP contribution >= 0.6 is 0 Å². The van der Waals surface area contributed by atoms with Crippen LogP contribution in [-0.4, -0.2) is 19.0 Å². The monoisotopic (exact) mass is 304 g/mol. The lowest BCUT2D eigenvalue weighted by molar-refractivity contribution is -0.143. The van der Waals surface area contributed by atoms with Crippen molar-refractivity contribution in [3.63, 3.8) is 0 Å². The number of carbonyl (C=O) groups is 1. The Bertz CT molecular complexity index is 472. The summed E-state index contributed by atoms with van der Waals surface area (Å²) in [7, 11) is 1.88. The Morgan fingerprint density at radius 2 is 1.82 bits per heavy atom. The summed E-state index contributed by atoms with van der Waals surface area (Å²) in [5.41, 5.74) is 0.555. The molecule has 0 aromatic carbocycles. The van der Waals surface area contributed by atoms with Crippen molar-refractivity contribution >= 4 is 5.78 Å². The van der Waals surface area contributed by atoms with Gasteiger partial charge in [-0.15, -0.1) is 0 Å². The zero-order valence-corrected chi connectivity index (χ0v) is 14.6. The smallest absolute Gasteiger partial charge is 0.139 e. The van der Waals surface area contributed by atoms with Gasteiger partial charge in [0.15, 0.2) is 0 Å². The molecule has 4 aliphatic carbocycles. The lowest BCUT2D eigenvalue weighted by Gasteiger charge is -2.60. The van der Waals surface area contributed by atoms with Crippen molar-refractivity contribution in [2.45, 2.75) is 77.7 Å². The van der Waals surface area contributed by atoms with E-state index in [2.05, 4.69) is 13.8 Å². The van der Waals surface area contributed by atoms with Crippen molar-refractivity contribution < 1.29 is 9.53 Å². The predicted octanol–water partition coefficient (Wildman–Crippen LogP) is 4.61. The first-order valence-corrected chi connectivity index (χ1v) is 9.55. The topological polar surface area (TPSA) is 26.3 Å². The van der Waals surface area contributed by atoms with Gasteiger partial charge in [0, 0.05) is 18.9 Å². The quantitative estimate of drug-likeness (QED) is 0.707. The molecule has 4 fully saturated rings. The van der Waals surface area contributed by atoms with Crippen LogP contribution in [-0.2, 0) is 9.53 Å². The molecule has 4 rings (SSSR count). The molecule has 4 aliphatic rings. The van der Waals surface area contributed by atoms with Gasteiger partial charge in [0.1, 0.15) is 5.78 Å². The maximum Gasteiger partial charge on any atom is 0.139 e. The van der Waals surface area contributed by atoms with Gasteiger partial charge in [0.05, 0.1) is 6.10 Å².